The van der Waals surface area contributed by atoms with E-state index in [4.69, 9.17) is 4.74 Å². The predicted octanol–water partition coefficient (Wildman–Crippen LogP) is 8.40. The fourth-order valence-corrected chi connectivity index (χ4v) is 6.56. The average molecular weight is 652 g/mol. The van der Waals surface area contributed by atoms with Gasteiger partial charge in [0.2, 0.25) is 0 Å². The number of carbonyl (C=O) groups is 1. The smallest absolute Gasteiger partial charge is 0.282 e. The molecule has 0 atom stereocenters. The molecule has 248 valence electrons. The van der Waals surface area contributed by atoms with Crippen LogP contribution in [0.2, 0.25) is 0 Å². The molecule has 1 aliphatic heterocycles. The molecular weight excluding hydrogens is 610 g/mol. The minimum Gasteiger partial charge on any atom is -0.356 e. The summed E-state index contributed by atoms with van der Waals surface area (Å²) in [5.41, 5.74) is 4.93. The van der Waals surface area contributed by atoms with Gasteiger partial charge in [-0.3, -0.25) is 19.8 Å². The molecule has 1 amide bonds. The molecule has 1 heterocycles. The molecule has 1 N–H and O–H groups in total. The van der Waals surface area contributed by atoms with Crippen LogP contribution in [-0.4, -0.2) is 41.9 Å². The van der Waals surface area contributed by atoms with Crippen LogP contribution in [0.1, 0.15) is 57.4 Å². The molecule has 0 spiro atoms. The maximum atomic E-state index is 13.1. The predicted molar refractivity (Wildman–Crippen MR) is 194 cm³/mol. The molecular formula is C42H41N3O4. The maximum Gasteiger partial charge on any atom is 0.282 e. The number of nitrogens with zero attached hydrogens (tertiary/aromatic N) is 2. The molecule has 0 radical (unpaired) electrons. The SMILES string of the molecule is O=C(NCCCCN1CC=C(c2ccccc2)CC1)c1ccc(COC(c2ccccc2)(c2ccccc2)c2ccccc2)cc1[N+](=O)[O-]. The Balaban J connectivity index is 1.10. The van der Waals surface area contributed by atoms with Crippen molar-refractivity contribution in [3.8, 4) is 0 Å². The molecule has 7 nitrogen and oxygen atoms in total. The van der Waals surface area contributed by atoms with Crippen molar-refractivity contribution >= 4 is 17.2 Å². The van der Waals surface area contributed by atoms with Crippen LogP contribution in [0.3, 0.4) is 0 Å². The second kappa shape index (κ2) is 16.2. The summed E-state index contributed by atoms with van der Waals surface area (Å²) in [5.74, 6) is -0.445. The third-order valence-corrected chi connectivity index (χ3v) is 9.12. The van der Waals surface area contributed by atoms with E-state index in [0.29, 0.717) is 12.1 Å². The first kappa shape index (κ1) is 33.5. The molecule has 5 aromatic rings. The number of rotatable bonds is 14. The molecule has 6 rings (SSSR count). The summed E-state index contributed by atoms with van der Waals surface area (Å²) in [6, 6.07) is 45.1. The Labute approximate surface area is 288 Å². The number of nitro benzene ring substituents is 1. The van der Waals surface area contributed by atoms with E-state index in [1.807, 2.05) is 97.1 Å². The van der Waals surface area contributed by atoms with Crippen molar-refractivity contribution in [2.45, 2.75) is 31.5 Å². The lowest BCUT2D eigenvalue weighted by molar-refractivity contribution is -0.385. The number of hydrogen-bond acceptors (Lipinski definition) is 5. The van der Waals surface area contributed by atoms with Crippen LogP contribution in [0.5, 0.6) is 0 Å². The lowest BCUT2D eigenvalue weighted by Crippen LogP contribution is -2.32. The monoisotopic (exact) mass is 651 g/mol. The number of nitrogens with one attached hydrogen (secondary N) is 1. The van der Waals surface area contributed by atoms with Crippen molar-refractivity contribution in [2.24, 2.45) is 0 Å². The lowest BCUT2D eigenvalue weighted by atomic mass is 9.80. The largest absolute Gasteiger partial charge is 0.356 e. The third-order valence-electron chi connectivity index (χ3n) is 9.12. The number of carbonyl (C=O) groups excluding carboxylic acids is 1. The van der Waals surface area contributed by atoms with Crippen LogP contribution in [-0.2, 0) is 16.9 Å². The van der Waals surface area contributed by atoms with Gasteiger partial charge in [-0.15, -0.1) is 0 Å². The summed E-state index contributed by atoms with van der Waals surface area (Å²) in [6.07, 6.45) is 5.05. The Morgan fingerprint density at radius 1 is 0.776 bits per heavy atom. The third kappa shape index (κ3) is 8.03. The van der Waals surface area contributed by atoms with Crippen molar-refractivity contribution in [2.75, 3.05) is 26.2 Å². The zero-order valence-electron chi connectivity index (χ0n) is 27.5. The van der Waals surface area contributed by atoms with E-state index in [2.05, 4.69) is 40.6 Å². The van der Waals surface area contributed by atoms with Gasteiger partial charge in [-0.05, 0) is 65.3 Å². The van der Waals surface area contributed by atoms with Crippen LogP contribution in [0.15, 0.2) is 146 Å². The fourth-order valence-electron chi connectivity index (χ4n) is 6.56. The molecule has 0 fully saturated rings. The standard InChI is InChI=1S/C42H41N3O4/c46-41(43-27-13-14-28-44-29-25-35(26-30-44)34-15-5-1-6-16-34)39-24-23-33(31-40(39)45(47)48)32-49-42(36-17-7-2-8-18-36,37-19-9-3-10-20-37)38-21-11-4-12-22-38/h1-12,15-25,31H,13-14,26-30,32H2,(H,43,46). The zero-order valence-corrected chi connectivity index (χ0v) is 27.5. The highest BCUT2D eigenvalue weighted by Crippen LogP contribution is 2.41. The lowest BCUT2D eigenvalue weighted by Gasteiger charge is -2.36. The van der Waals surface area contributed by atoms with Gasteiger partial charge in [0.15, 0.2) is 0 Å². The normalized spacial score (nSPS) is 13.4. The quantitative estimate of drug-likeness (QED) is 0.0564. The first-order chi connectivity index (χ1) is 24.0. The van der Waals surface area contributed by atoms with Crippen molar-refractivity contribution in [3.05, 3.63) is 189 Å². The Bertz CT molecular complexity index is 1770. The number of ether oxygens (including phenoxy) is 1. The van der Waals surface area contributed by atoms with Gasteiger partial charge in [-0.1, -0.05) is 133 Å². The topological polar surface area (TPSA) is 84.7 Å². The summed E-state index contributed by atoms with van der Waals surface area (Å²) < 4.78 is 6.85. The van der Waals surface area contributed by atoms with Crippen molar-refractivity contribution in [3.63, 3.8) is 0 Å². The molecule has 5 aromatic carbocycles. The highest BCUT2D eigenvalue weighted by Gasteiger charge is 2.37. The molecule has 0 saturated carbocycles. The summed E-state index contributed by atoms with van der Waals surface area (Å²) >= 11 is 0. The minimum atomic E-state index is -0.969. The Morgan fingerprint density at radius 3 is 1.88 bits per heavy atom. The Hall–Kier alpha value is -5.37. The van der Waals surface area contributed by atoms with E-state index in [1.54, 1.807) is 6.07 Å². The van der Waals surface area contributed by atoms with Crippen molar-refractivity contribution in [1.29, 1.82) is 0 Å². The highest BCUT2D eigenvalue weighted by atomic mass is 16.6. The van der Waals surface area contributed by atoms with Gasteiger partial charge >= 0.3 is 0 Å². The number of nitro groups is 1. The average Bonchev–Trinajstić information content (AvgIpc) is 3.16. The molecule has 0 aromatic heterocycles. The van der Waals surface area contributed by atoms with Crippen LogP contribution in [0.25, 0.3) is 5.57 Å². The van der Waals surface area contributed by atoms with Gasteiger partial charge in [0.1, 0.15) is 11.2 Å². The Kier molecular flexibility index (Phi) is 11.1. The van der Waals surface area contributed by atoms with Crippen LogP contribution in [0.4, 0.5) is 5.69 Å². The maximum absolute atomic E-state index is 13.1. The first-order valence-electron chi connectivity index (χ1n) is 16.9. The number of unbranched alkanes of at least 4 members (excludes halogenated alkanes) is 1. The first-order valence-corrected chi connectivity index (χ1v) is 16.9. The summed E-state index contributed by atoms with van der Waals surface area (Å²) in [4.78, 5) is 27.2. The van der Waals surface area contributed by atoms with Crippen molar-refractivity contribution < 1.29 is 14.5 Å². The Morgan fingerprint density at radius 2 is 1.35 bits per heavy atom. The van der Waals surface area contributed by atoms with E-state index in [0.717, 1.165) is 55.6 Å². The number of benzene rings is 5. The number of amides is 1. The van der Waals surface area contributed by atoms with E-state index in [-0.39, 0.29) is 17.9 Å². The van der Waals surface area contributed by atoms with E-state index in [1.165, 1.54) is 23.3 Å². The molecule has 0 bridgehead atoms. The highest BCUT2D eigenvalue weighted by molar-refractivity contribution is 5.98. The van der Waals surface area contributed by atoms with Gasteiger partial charge < -0.3 is 10.1 Å². The summed E-state index contributed by atoms with van der Waals surface area (Å²) in [6.45, 7) is 3.41. The molecule has 0 saturated heterocycles. The number of hydrogen-bond donors (Lipinski definition) is 1. The van der Waals surface area contributed by atoms with E-state index >= 15 is 0 Å². The minimum absolute atomic E-state index is 0.0452. The van der Waals surface area contributed by atoms with Gasteiger partial charge in [0.25, 0.3) is 11.6 Å². The van der Waals surface area contributed by atoms with Crippen LogP contribution >= 0.6 is 0 Å². The van der Waals surface area contributed by atoms with E-state index < -0.39 is 16.4 Å². The van der Waals surface area contributed by atoms with Crippen LogP contribution in [0, 0.1) is 10.1 Å². The molecule has 0 aliphatic carbocycles. The second-order valence-electron chi connectivity index (χ2n) is 12.3. The summed E-state index contributed by atoms with van der Waals surface area (Å²) in [7, 11) is 0. The molecule has 1 aliphatic rings. The fraction of sp³-hybridized carbons (Fsp3) is 0.214. The van der Waals surface area contributed by atoms with Gasteiger partial charge in [-0.2, -0.15) is 0 Å². The second-order valence-corrected chi connectivity index (χ2v) is 12.3. The van der Waals surface area contributed by atoms with Gasteiger partial charge in [0, 0.05) is 25.7 Å². The molecule has 0 unspecified atom stereocenters. The van der Waals surface area contributed by atoms with Crippen molar-refractivity contribution in [1.82, 2.24) is 10.2 Å². The van der Waals surface area contributed by atoms with Crippen LogP contribution < -0.4 is 5.32 Å². The molecule has 7 heteroatoms. The van der Waals surface area contributed by atoms with Gasteiger partial charge in [0.05, 0.1) is 11.5 Å². The van der Waals surface area contributed by atoms with Gasteiger partial charge in [-0.25, -0.2) is 0 Å². The van der Waals surface area contributed by atoms with E-state index in [9.17, 15) is 14.9 Å². The molecule has 49 heavy (non-hydrogen) atoms. The summed E-state index contributed by atoms with van der Waals surface area (Å²) in [5, 5.41) is 15.1. The zero-order chi connectivity index (χ0) is 33.9.